The van der Waals surface area contributed by atoms with Gasteiger partial charge in [-0.05, 0) is 24.6 Å². The number of benzene rings is 1. The molecule has 0 radical (unpaired) electrons. The molecule has 0 saturated carbocycles. The maximum Gasteiger partial charge on any atom is 0.427 e. The lowest BCUT2D eigenvalue weighted by Gasteiger charge is -2.03. The molecule has 2 aromatic rings. The minimum absolute atomic E-state index is 0.298. The number of methoxy groups -OCH3 is 1. The molecule has 0 saturated heterocycles. The van der Waals surface area contributed by atoms with Crippen molar-refractivity contribution in [3.05, 3.63) is 52.1 Å². The molecule has 0 atom stereocenters. The molecule has 0 unspecified atom stereocenters. The van der Waals surface area contributed by atoms with Crippen LogP contribution in [0.1, 0.15) is 16.8 Å². The summed E-state index contributed by atoms with van der Waals surface area (Å²) in [6.45, 7) is 2.17. The lowest BCUT2D eigenvalue weighted by molar-refractivity contribution is 0.171. The molecule has 1 N–H and O–H groups in total. The highest BCUT2D eigenvalue weighted by Crippen LogP contribution is 2.19. The van der Waals surface area contributed by atoms with E-state index in [2.05, 4.69) is 20.4 Å². The number of amides is 1. The zero-order valence-corrected chi connectivity index (χ0v) is 12.8. The van der Waals surface area contributed by atoms with Crippen LogP contribution in [0.4, 0.5) is 9.18 Å². The average Bonchev–Trinajstić information content (AvgIpc) is 2.76. The molecule has 0 aliphatic carbocycles. The number of carbonyl (C=O) groups is 1. The van der Waals surface area contributed by atoms with Crippen molar-refractivity contribution in [2.24, 2.45) is 5.10 Å². The monoisotopic (exact) mass is 324 g/mol. The highest BCUT2D eigenvalue weighted by Gasteiger charge is 2.12. The minimum atomic E-state index is -0.677. The molecular formula is C14H14ClFN4O2. The van der Waals surface area contributed by atoms with Gasteiger partial charge in [0.05, 0.1) is 31.1 Å². The number of ether oxygens (including phenoxy) is 1. The van der Waals surface area contributed by atoms with Gasteiger partial charge in [-0.1, -0.05) is 23.7 Å². The highest BCUT2D eigenvalue weighted by molar-refractivity contribution is 6.32. The van der Waals surface area contributed by atoms with Gasteiger partial charge >= 0.3 is 6.09 Å². The maximum atomic E-state index is 12.9. The summed E-state index contributed by atoms with van der Waals surface area (Å²) in [5, 5.41) is 8.40. The average molecular weight is 325 g/mol. The number of carbonyl (C=O) groups excluding carboxylic acids is 1. The molecule has 0 bridgehead atoms. The van der Waals surface area contributed by atoms with Crippen molar-refractivity contribution in [2.45, 2.75) is 13.5 Å². The van der Waals surface area contributed by atoms with Crippen molar-refractivity contribution >= 4 is 23.9 Å². The van der Waals surface area contributed by atoms with Gasteiger partial charge in [-0.15, -0.1) is 0 Å². The third kappa shape index (κ3) is 3.82. The van der Waals surface area contributed by atoms with Crippen molar-refractivity contribution in [1.29, 1.82) is 0 Å². The van der Waals surface area contributed by atoms with Crippen LogP contribution in [0.2, 0.25) is 5.15 Å². The first-order valence-corrected chi connectivity index (χ1v) is 6.73. The molecule has 1 aromatic heterocycles. The first-order chi connectivity index (χ1) is 10.5. The summed E-state index contributed by atoms with van der Waals surface area (Å²) in [5.41, 5.74) is 4.27. The van der Waals surface area contributed by atoms with E-state index in [-0.39, 0.29) is 5.82 Å². The Morgan fingerprint density at radius 2 is 2.18 bits per heavy atom. The van der Waals surface area contributed by atoms with Gasteiger partial charge in [-0.25, -0.2) is 19.3 Å². The molecule has 6 nitrogen and oxygen atoms in total. The lowest BCUT2D eigenvalue weighted by Crippen LogP contribution is -2.16. The lowest BCUT2D eigenvalue weighted by atomic mass is 10.2. The molecule has 0 aliphatic rings. The van der Waals surface area contributed by atoms with Crippen LogP contribution >= 0.6 is 11.6 Å². The number of nitrogens with zero attached hydrogens (tertiary/aromatic N) is 3. The molecule has 0 spiro atoms. The van der Waals surface area contributed by atoms with E-state index in [1.54, 1.807) is 23.7 Å². The summed E-state index contributed by atoms with van der Waals surface area (Å²) in [6, 6.07) is 6.08. The number of halogens is 2. The van der Waals surface area contributed by atoms with Gasteiger partial charge in [-0.2, -0.15) is 10.2 Å². The summed E-state index contributed by atoms with van der Waals surface area (Å²) in [5.74, 6) is -0.298. The normalized spacial score (nSPS) is 10.9. The smallest absolute Gasteiger partial charge is 0.427 e. The second-order valence-electron chi connectivity index (χ2n) is 4.44. The number of hydrogen-bond acceptors (Lipinski definition) is 4. The van der Waals surface area contributed by atoms with Crippen molar-refractivity contribution in [1.82, 2.24) is 15.2 Å². The molecule has 22 heavy (non-hydrogen) atoms. The fraction of sp³-hybridized carbons (Fsp3) is 0.214. The van der Waals surface area contributed by atoms with Gasteiger partial charge < -0.3 is 4.74 Å². The fourth-order valence-corrected chi connectivity index (χ4v) is 2.06. The first-order valence-electron chi connectivity index (χ1n) is 6.35. The number of aryl methyl sites for hydroxylation is 1. The van der Waals surface area contributed by atoms with Crippen molar-refractivity contribution in [3.8, 4) is 0 Å². The van der Waals surface area contributed by atoms with Gasteiger partial charge in [0.2, 0.25) is 0 Å². The molecule has 1 aromatic carbocycles. The van der Waals surface area contributed by atoms with E-state index < -0.39 is 6.09 Å². The van der Waals surface area contributed by atoms with Gasteiger partial charge in [0.25, 0.3) is 0 Å². The van der Waals surface area contributed by atoms with Gasteiger partial charge in [0, 0.05) is 0 Å². The van der Waals surface area contributed by atoms with Gasteiger partial charge in [0.1, 0.15) is 11.0 Å². The fourth-order valence-electron chi connectivity index (χ4n) is 1.78. The second kappa shape index (κ2) is 7.04. The summed E-state index contributed by atoms with van der Waals surface area (Å²) in [4.78, 5) is 10.9. The third-order valence-corrected chi connectivity index (χ3v) is 3.29. The summed E-state index contributed by atoms with van der Waals surface area (Å²) >= 11 is 6.25. The summed E-state index contributed by atoms with van der Waals surface area (Å²) in [7, 11) is 1.24. The Balaban J connectivity index is 2.16. The Morgan fingerprint density at radius 3 is 2.82 bits per heavy atom. The first kappa shape index (κ1) is 16.0. The van der Waals surface area contributed by atoms with E-state index in [9.17, 15) is 9.18 Å². The predicted octanol–water partition coefficient (Wildman–Crippen LogP) is 2.72. The summed E-state index contributed by atoms with van der Waals surface area (Å²) < 4.78 is 18.9. The standard InChI is InChI=1S/C14H14ClFN4O2/c1-9-12(7-17-18-14(21)22-2)13(15)20(19-9)8-10-3-5-11(16)6-4-10/h3-7H,8H2,1-2H3,(H,18,21). The molecule has 8 heteroatoms. The molecule has 116 valence electrons. The van der Waals surface area contributed by atoms with Crippen LogP contribution in [0.3, 0.4) is 0 Å². The van der Waals surface area contributed by atoms with E-state index in [1.165, 1.54) is 25.5 Å². The largest absolute Gasteiger partial charge is 0.452 e. The summed E-state index contributed by atoms with van der Waals surface area (Å²) in [6.07, 6.45) is 0.715. The van der Waals surface area contributed by atoms with Crippen molar-refractivity contribution in [2.75, 3.05) is 7.11 Å². The molecule has 0 fully saturated rings. The zero-order valence-electron chi connectivity index (χ0n) is 12.0. The highest BCUT2D eigenvalue weighted by atomic mass is 35.5. The van der Waals surface area contributed by atoms with Crippen LogP contribution in [0.25, 0.3) is 0 Å². The third-order valence-electron chi connectivity index (χ3n) is 2.89. The number of aromatic nitrogens is 2. The Labute approximate surface area is 131 Å². The Bertz CT molecular complexity index is 698. The van der Waals surface area contributed by atoms with Crippen molar-refractivity contribution < 1.29 is 13.9 Å². The van der Waals surface area contributed by atoms with Crippen LogP contribution in [-0.4, -0.2) is 29.2 Å². The SMILES string of the molecule is COC(=O)NN=Cc1c(C)nn(Cc2ccc(F)cc2)c1Cl. The van der Waals surface area contributed by atoms with E-state index in [0.717, 1.165) is 5.56 Å². The molecular weight excluding hydrogens is 311 g/mol. The topological polar surface area (TPSA) is 68.5 Å². The molecule has 0 aliphatic heterocycles. The van der Waals surface area contributed by atoms with Crippen LogP contribution < -0.4 is 5.43 Å². The second-order valence-corrected chi connectivity index (χ2v) is 4.79. The Hall–Kier alpha value is -2.41. The van der Waals surface area contributed by atoms with E-state index in [1.807, 2.05) is 0 Å². The number of hydrogen-bond donors (Lipinski definition) is 1. The molecule has 1 heterocycles. The maximum absolute atomic E-state index is 12.9. The van der Waals surface area contributed by atoms with Gasteiger partial charge in [-0.3, -0.25) is 0 Å². The zero-order chi connectivity index (χ0) is 16.1. The number of rotatable bonds is 4. The van der Waals surface area contributed by atoms with Crippen LogP contribution in [0.15, 0.2) is 29.4 Å². The van der Waals surface area contributed by atoms with Crippen molar-refractivity contribution in [3.63, 3.8) is 0 Å². The quantitative estimate of drug-likeness (QED) is 0.694. The minimum Gasteiger partial charge on any atom is -0.452 e. The molecule has 1 amide bonds. The van der Waals surface area contributed by atoms with Crippen LogP contribution in [0.5, 0.6) is 0 Å². The van der Waals surface area contributed by atoms with Crippen LogP contribution in [0, 0.1) is 12.7 Å². The van der Waals surface area contributed by atoms with E-state index >= 15 is 0 Å². The van der Waals surface area contributed by atoms with E-state index in [0.29, 0.717) is 23.0 Å². The molecule has 2 rings (SSSR count). The number of hydrazone groups is 1. The number of nitrogens with one attached hydrogen (secondary N) is 1. The van der Waals surface area contributed by atoms with Crippen LogP contribution in [-0.2, 0) is 11.3 Å². The van der Waals surface area contributed by atoms with Gasteiger partial charge in [0.15, 0.2) is 0 Å². The predicted molar refractivity (Wildman–Crippen MR) is 80.6 cm³/mol. The Morgan fingerprint density at radius 1 is 1.50 bits per heavy atom. The van der Waals surface area contributed by atoms with E-state index in [4.69, 9.17) is 11.6 Å². The Kier molecular flexibility index (Phi) is 5.11.